The molecule has 156 valence electrons. The number of aromatic nitrogens is 3. The molecular weight excluding hydrogens is 429 g/mol. The minimum atomic E-state index is -1.04. The summed E-state index contributed by atoms with van der Waals surface area (Å²) in [6.07, 6.45) is -2.49. The van der Waals surface area contributed by atoms with Gasteiger partial charge in [-0.1, -0.05) is 23.2 Å². The van der Waals surface area contributed by atoms with E-state index in [1.165, 1.54) is 37.7 Å². The summed E-state index contributed by atoms with van der Waals surface area (Å²) in [5.41, 5.74) is 0.820. The molecule has 0 amide bonds. The Bertz CT molecular complexity index is 964. The maximum atomic E-state index is 11.7. The van der Waals surface area contributed by atoms with Gasteiger partial charge in [0.15, 0.2) is 23.6 Å². The van der Waals surface area contributed by atoms with E-state index >= 15 is 0 Å². The maximum Gasteiger partial charge on any atom is 0.303 e. The maximum absolute atomic E-state index is 11.7. The second kappa shape index (κ2) is 8.52. The van der Waals surface area contributed by atoms with Gasteiger partial charge < -0.3 is 18.9 Å². The van der Waals surface area contributed by atoms with Crippen LogP contribution in [0.1, 0.15) is 27.0 Å². The van der Waals surface area contributed by atoms with E-state index in [-0.39, 0.29) is 16.9 Å². The van der Waals surface area contributed by atoms with Crippen molar-refractivity contribution < 1.29 is 33.3 Å². The smallest absolute Gasteiger partial charge is 0.303 e. The molecule has 12 heteroatoms. The van der Waals surface area contributed by atoms with Crippen LogP contribution in [0.3, 0.4) is 0 Å². The van der Waals surface area contributed by atoms with Crippen LogP contribution in [0.2, 0.25) is 10.3 Å². The van der Waals surface area contributed by atoms with Crippen LogP contribution in [0.4, 0.5) is 0 Å². The third-order valence-electron chi connectivity index (χ3n) is 4.10. The average Bonchev–Trinajstić information content (AvgIpc) is 3.15. The number of rotatable bonds is 5. The van der Waals surface area contributed by atoms with Crippen LogP contribution < -0.4 is 0 Å². The van der Waals surface area contributed by atoms with Crippen molar-refractivity contribution in [2.24, 2.45) is 0 Å². The minimum absolute atomic E-state index is 0.0845. The quantitative estimate of drug-likeness (QED) is 0.386. The fraction of sp³-hybridized carbons (Fsp3) is 0.471. The van der Waals surface area contributed by atoms with Crippen molar-refractivity contribution >= 4 is 52.1 Å². The zero-order valence-electron chi connectivity index (χ0n) is 15.6. The van der Waals surface area contributed by atoms with E-state index in [0.717, 1.165) is 0 Å². The predicted molar refractivity (Wildman–Crippen MR) is 99.2 cm³/mol. The van der Waals surface area contributed by atoms with E-state index in [1.807, 2.05) is 0 Å². The summed E-state index contributed by atoms with van der Waals surface area (Å²) >= 11 is 12.1. The Kier molecular flexibility index (Phi) is 6.25. The van der Waals surface area contributed by atoms with E-state index in [4.69, 9.17) is 42.1 Å². The first kappa shape index (κ1) is 21.3. The summed E-state index contributed by atoms with van der Waals surface area (Å²) < 4.78 is 23.2. The zero-order valence-corrected chi connectivity index (χ0v) is 17.1. The highest BCUT2D eigenvalue weighted by molar-refractivity contribution is 6.36. The number of carbonyl (C=O) groups excluding carboxylic acids is 3. The number of imidazole rings is 1. The van der Waals surface area contributed by atoms with Crippen LogP contribution >= 0.6 is 23.2 Å². The van der Waals surface area contributed by atoms with Crippen LogP contribution in [0.25, 0.3) is 11.0 Å². The van der Waals surface area contributed by atoms with E-state index in [2.05, 4.69) is 9.97 Å². The summed E-state index contributed by atoms with van der Waals surface area (Å²) in [7, 11) is 0. The Morgan fingerprint density at radius 3 is 2.38 bits per heavy atom. The molecular formula is C17H17Cl2N3O7. The highest BCUT2D eigenvalue weighted by atomic mass is 35.5. The van der Waals surface area contributed by atoms with Gasteiger partial charge in [-0.15, -0.1) is 0 Å². The summed E-state index contributed by atoms with van der Waals surface area (Å²) in [4.78, 5) is 42.7. The van der Waals surface area contributed by atoms with Crippen LogP contribution in [0.15, 0.2) is 12.4 Å². The zero-order chi connectivity index (χ0) is 21.3. The normalized spacial score (nSPS) is 23.8. The number of nitrogens with zero attached hydrogens (tertiary/aromatic N) is 3. The first-order valence-corrected chi connectivity index (χ1v) is 9.24. The van der Waals surface area contributed by atoms with Gasteiger partial charge in [-0.25, -0.2) is 9.97 Å². The molecule has 1 fully saturated rings. The summed E-state index contributed by atoms with van der Waals surface area (Å²) in [6.45, 7) is 3.44. The second-order valence-electron chi connectivity index (χ2n) is 6.27. The second-order valence-corrected chi connectivity index (χ2v) is 7.02. The molecule has 4 atom stereocenters. The van der Waals surface area contributed by atoms with Gasteiger partial charge in [0.2, 0.25) is 0 Å². The molecule has 10 nitrogen and oxygen atoms in total. The summed E-state index contributed by atoms with van der Waals surface area (Å²) in [6, 6.07) is 1.52. The Balaban J connectivity index is 2.04. The van der Waals surface area contributed by atoms with E-state index in [0.29, 0.717) is 11.0 Å². The van der Waals surface area contributed by atoms with Crippen molar-refractivity contribution in [2.45, 2.75) is 45.3 Å². The Hall–Kier alpha value is -2.43. The summed E-state index contributed by atoms with van der Waals surface area (Å²) in [5, 5.41) is 0.209. The number of esters is 3. The lowest BCUT2D eigenvalue weighted by Gasteiger charge is -2.24. The van der Waals surface area contributed by atoms with Crippen molar-refractivity contribution in [3.63, 3.8) is 0 Å². The lowest BCUT2D eigenvalue weighted by Crippen LogP contribution is -2.40. The minimum Gasteiger partial charge on any atom is -0.463 e. The van der Waals surface area contributed by atoms with Gasteiger partial charge >= 0.3 is 17.9 Å². The van der Waals surface area contributed by atoms with E-state index < -0.39 is 42.4 Å². The van der Waals surface area contributed by atoms with Gasteiger partial charge in [-0.2, -0.15) is 0 Å². The molecule has 3 heterocycles. The SMILES string of the molecule is CC(=O)OCC1OC(n2cnc3c(Cl)nc(Cl)cc32)C(OC(C)=O)C1OC(C)=O. The number of hydrogen-bond donors (Lipinski definition) is 0. The van der Waals surface area contributed by atoms with Gasteiger partial charge in [0, 0.05) is 26.8 Å². The van der Waals surface area contributed by atoms with Crippen LogP contribution in [0.5, 0.6) is 0 Å². The monoisotopic (exact) mass is 445 g/mol. The van der Waals surface area contributed by atoms with Crippen molar-refractivity contribution in [1.82, 2.24) is 14.5 Å². The van der Waals surface area contributed by atoms with Crippen molar-refractivity contribution in [3.05, 3.63) is 22.7 Å². The number of halogens is 2. The predicted octanol–water partition coefficient (Wildman–Crippen LogP) is 2.06. The van der Waals surface area contributed by atoms with Crippen LogP contribution in [0, 0.1) is 0 Å². The molecule has 1 aliphatic rings. The third-order valence-corrected chi connectivity index (χ3v) is 4.56. The number of pyridine rings is 1. The molecule has 0 N–H and O–H groups in total. The van der Waals surface area contributed by atoms with Crippen LogP contribution in [-0.4, -0.2) is 57.4 Å². The van der Waals surface area contributed by atoms with E-state index in [1.54, 1.807) is 0 Å². The number of hydrogen-bond acceptors (Lipinski definition) is 9. The largest absolute Gasteiger partial charge is 0.463 e. The van der Waals surface area contributed by atoms with Gasteiger partial charge in [0.1, 0.15) is 23.4 Å². The molecule has 0 aliphatic carbocycles. The van der Waals surface area contributed by atoms with Crippen molar-refractivity contribution in [2.75, 3.05) is 6.61 Å². The summed E-state index contributed by atoms with van der Waals surface area (Å²) in [5.74, 6) is -1.77. The number of carbonyl (C=O) groups is 3. The van der Waals surface area contributed by atoms with Crippen molar-refractivity contribution in [3.8, 4) is 0 Å². The highest BCUT2D eigenvalue weighted by Gasteiger charge is 2.50. The molecule has 2 aromatic rings. The molecule has 0 aromatic carbocycles. The molecule has 0 spiro atoms. The third kappa shape index (κ3) is 4.60. The Labute approximate surface area is 175 Å². The number of fused-ring (bicyclic) bond motifs is 1. The number of ether oxygens (including phenoxy) is 4. The molecule has 0 radical (unpaired) electrons. The van der Waals surface area contributed by atoms with Gasteiger partial charge in [0.05, 0.1) is 11.8 Å². The fourth-order valence-electron chi connectivity index (χ4n) is 3.08. The molecule has 29 heavy (non-hydrogen) atoms. The highest BCUT2D eigenvalue weighted by Crippen LogP contribution is 2.37. The topological polar surface area (TPSA) is 119 Å². The molecule has 1 saturated heterocycles. The molecule has 0 saturated carbocycles. The standard InChI is InChI=1S/C17H17Cl2N3O7/c1-7(23)26-5-11-14(27-8(2)24)15(28-9(3)25)17(29-11)22-6-20-13-10(22)4-12(18)21-16(13)19/h4,6,11,14-15,17H,5H2,1-3H3. The van der Waals surface area contributed by atoms with Crippen molar-refractivity contribution in [1.29, 1.82) is 0 Å². The first-order chi connectivity index (χ1) is 13.7. The first-order valence-electron chi connectivity index (χ1n) is 8.49. The van der Waals surface area contributed by atoms with E-state index in [9.17, 15) is 14.4 Å². The Morgan fingerprint density at radius 2 is 1.76 bits per heavy atom. The van der Waals surface area contributed by atoms with Gasteiger partial charge in [0.25, 0.3) is 0 Å². The lowest BCUT2D eigenvalue weighted by molar-refractivity contribution is -0.166. The van der Waals surface area contributed by atoms with Crippen LogP contribution in [-0.2, 0) is 33.3 Å². The molecule has 3 rings (SSSR count). The molecule has 0 bridgehead atoms. The van der Waals surface area contributed by atoms with Gasteiger partial charge in [-0.05, 0) is 0 Å². The molecule has 1 aliphatic heterocycles. The fourth-order valence-corrected chi connectivity index (χ4v) is 3.55. The Morgan fingerprint density at radius 1 is 1.10 bits per heavy atom. The van der Waals surface area contributed by atoms with Gasteiger partial charge in [-0.3, -0.25) is 19.0 Å². The lowest BCUT2D eigenvalue weighted by atomic mass is 10.1. The average molecular weight is 446 g/mol. The molecule has 2 aromatic heterocycles. The molecule has 4 unspecified atom stereocenters.